The zero-order valence-corrected chi connectivity index (χ0v) is 16.3. The zero-order valence-electron chi connectivity index (χ0n) is 14.7. The molecule has 0 unspecified atom stereocenters. The largest absolute Gasteiger partial charge is 0.297 e. The lowest BCUT2D eigenvalue weighted by Gasteiger charge is -2.10. The summed E-state index contributed by atoms with van der Waals surface area (Å²) in [5, 5.41) is 21.2. The average molecular weight is 396 g/mol. The molecule has 1 aromatic carbocycles. The van der Waals surface area contributed by atoms with E-state index < -0.39 is 5.92 Å². The van der Waals surface area contributed by atoms with Crippen molar-refractivity contribution >= 4 is 28.9 Å². The molecule has 0 spiro atoms. The number of nitrogens with zero attached hydrogens (tertiary/aromatic N) is 5. The summed E-state index contributed by atoms with van der Waals surface area (Å²) in [5.74, 6) is 0.558. The van der Waals surface area contributed by atoms with E-state index in [1.165, 1.54) is 23.1 Å². The number of rotatable bonds is 7. The Hall–Kier alpha value is -2.50. The molecule has 6 nitrogen and oxygen atoms in total. The minimum atomic E-state index is -0.827. The van der Waals surface area contributed by atoms with Crippen LogP contribution in [0.3, 0.4) is 0 Å². The highest BCUT2D eigenvalue weighted by molar-refractivity contribution is 7.99. The summed E-state index contributed by atoms with van der Waals surface area (Å²) in [5.41, 5.74) is 1.82. The SMILES string of the molecule is Cc1csc([C@@H](C#N)C(=O)CSc2nnc(C3CC3)n2-c2ccccc2)n1. The second kappa shape index (κ2) is 7.62. The molecule has 2 aromatic heterocycles. The second-order valence-electron chi connectivity index (χ2n) is 6.43. The summed E-state index contributed by atoms with van der Waals surface area (Å²) >= 11 is 2.68. The Morgan fingerprint density at radius 1 is 1.37 bits per heavy atom. The summed E-state index contributed by atoms with van der Waals surface area (Å²) in [4.78, 5) is 16.9. The second-order valence-corrected chi connectivity index (χ2v) is 8.26. The number of ketones is 1. The Morgan fingerprint density at radius 3 is 2.78 bits per heavy atom. The van der Waals surface area contributed by atoms with Gasteiger partial charge in [0.25, 0.3) is 0 Å². The molecule has 3 aromatic rings. The number of hydrogen-bond acceptors (Lipinski definition) is 7. The Balaban J connectivity index is 1.55. The van der Waals surface area contributed by atoms with Crippen molar-refractivity contribution in [2.24, 2.45) is 0 Å². The van der Waals surface area contributed by atoms with Gasteiger partial charge in [-0.3, -0.25) is 9.36 Å². The lowest BCUT2D eigenvalue weighted by atomic mass is 10.1. The topological polar surface area (TPSA) is 84.5 Å². The van der Waals surface area contributed by atoms with Crippen molar-refractivity contribution in [1.29, 1.82) is 5.26 Å². The van der Waals surface area contributed by atoms with Crippen LogP contribution in [0.15, 0.2) is 40.9 Å². The van der Waals surface area contributed by atoms with Crippen molar-refractivity contribution in [2.75, 3.05) is 5.75 Å². The Morgan fingerprint density at radius 2 is 2.15 bits per heavy atom. The minimum Gasteiger partial charge on any atom is -0.297 e. The molecule has 0 N–H and O–H groups in total. The monoisotopic (exact) mass is 395 g/mol. The lowest BCUT2D eigenvalue weighted by molar-refractivity contribution is -0.116. The minimum absolute atomic E-state index is 0.159. The lowest BCUT2D eigenvalue weighted by Crippen LogP contribution is -2.14. The summed E-state index contributed by atoms with van der Waals surface area (Å²) < 4.78 is 2.03. The number of aryl methyl sites for hydroxylation is 1. The maximum absolute atomic E-state index is 12.6. The van der Waals surface area contributed by atoms with Crippen LogP contribution in [-0.4, -0.2) is 31.3 Å². The first-order valence-corrected chi connectivity index (χ1v) is 10.5. The van der Waals surface area contributed by atoms with Gasteiger partial charge >= 0.3 is 0 Å². The smallest absolute Gasteiger partial charge is 0.196 e. The third-order valence-corrected chi connectivity index (χ3v) is 6.27. The quantitative estimate of drug-likeness (QED) is 0.565. The predicted molar refractivity (Wildman–Crippen MR) is 104 cm³/mol. The highest BCUT2D eigenvalue weighted by Gasteiger charge is 2.31. The van der Waals surface area contributed by atoms with E-state index in [1.54, 1.807) is 0 Å². The van der Waals surface area contributed by atoms with Crippen LogP contribution in [0.2, 0.25) is 0 Å². The molecule has 0 aliphatic heterocycles. The average Bonchev–Trinajstić information content (AvgIpc) is 3.31. The van der Waals surface area contributed by atoms with E-state index in [9.17, 15) is 10.1 Å². The number of para-hydroxylation sites is 1. The van der Waals surface area contributed by atoms with Crippen LogP contribution in [0.5, 0.6) is 0 Å². The summed E-state index contributed by atoms with van der Waals surface area (Å²) in [6.07, 6.45) is 2.24. The molecule has 8 heteroatoms. The van der Waals surface area contributed by atoms with Crippen molar-refractivity contribution in [3.05, 3.63) is 52.2 Å². The van der Waals surface area contributed by atoms with Gasteiger partial charge in [-0.2, -0.15) is 5.26 Å². The molecule has 1 fully saturated rings. The fraction of sp³-hybridized carbons (Fsp3) is 0.316. The molecular formula is C19H17N5OS2. The van der Waals surface area contributed by atoms with Gasteiger partial charge in [-0.1, -0.05) is 30.0 Å². The maximum Gasteiger partial charge on any atom is 0.196 e. The first kappa shape index (κ1) is 17.9. The van der Waals surface area contributed by atoms with Gasteiger partial charge < -0.3 is 0 Å². The Bertz CT molecular complexity index is 1000. The Labute approximate surface area is 165 Å². The molecule has 27 heavy (non-hydrogen) atoms. The molecule has 0 amide bonds. The first-order valence-electron chi connectivity index (χ1n) is 8.65. The van der Waals surface area contributed by atoms with Crippen molar-refractivity contribution in [3.63, 3.8) is 0 Å². The van der Waals surface area contributed by atoms with E-state index in [1.807, 2.05) is 47.2 Å². The predicted octanol–water partition coefficient (Wildman–Crippen LogP) is 3.88. The molecule has 2 heterocycles. The molecule has 0 bridgehead atoms. The third kappa shape index (κ3) is 3.80. The van der Waals surface area contributed by atoms with Gasteiger partial charge in [-0.25, -0.2) is 4.98 Å². The number of thioether (sulfide) groups is 1. The molecule has 0 saturated heterocycles. The van der Waals surface area contributed by atoms with E-state index in [0.29, 0.717) is 16.1 Å². The molecule has 0 radical (unpaired) electrons. The fourth-order valence-corrected chi connectivity index (χ4v) is 4.51. The number of aromatic nitrogens is 4. The van der Waals surface area contributed by atoms with Crippen LogP contribution < -0.4 is 0 Å². The molecule has 1 aliphatic rings. The molecule has 1 saturated carbocycles. The number of Topliss-reactive ketones (excluding diaryl/α,β-unsaturated/α-hetero) is 1. The molecule has 1 aliphatic carbocycles. The number of carbonyl (C=O) groups excluding carboxylic acids is 1. The van der Waals surface area contributed by atoms with Crippen molar-refractivity contribution in [2.45, 2.75) is 36.8 Å². The normalized spacial score (nSPS) is 14.7. The van der Waals surface area contributed by atoms with Gasteiger partial charge in [0.15, 0.2) is 16.9 Å². The van der Waals surface area contributed by atoms with Crippen molar-refractivity contribution < 1.29 is 4.79 Å². The van der Waals surface area contributed by atoms with E-state index in [2.05, 4.69) is 21.3 Å². The number of benzene rings is 1. The molecule has 4 rings (SSSR count). The van der Waals surface area contributed by atoms with Gasteiger partial charge in [-0.05, 0) is 31.9 Å². The van der Waals surface area contributed by atoms with E-state index in [4.69, 9.17) is 0 Å². The van der Waals surface area contributed by atoms with Crippen LogP contribution in [0.1, 0.15) is 41.2 Å². The van der Waals surface area contributed by atoms with Crippen LogP contribution in [0.4, 0.5) is 0 Å². The van der Waals surface area contributed by atoms with Crippen molar-refractivity contribution in [3.8, 4) is 11.8 Å². The van der Waals surface area contributed by atoms with Crippen LogP contribution >= 0.6 is 23.1 Å². The maximum atomic E-state index is 12.6. The number of carbonyl (C=O) groups is 1. The van der Waals surface area contributed by atoms with Gasteiger partial charge in [0.1, 0.15) is 10.8 Å². The van der Waals surface area contributed by atoms with Crippen molar-refractivity contribution in [1.82, 2.24) is 19.7 Å². The Kier molecular flexibility index (Phi) is 5.05. The fourth-order valence-electron chi connectivity index (χ4n) is 2.79. The molecule has 136 valence electrons. The summed E-state index contributed by atoms with van der Waals surface area (Å²) in [6, 6.07) is 12.0. The van der Waals surface area contributed by atoms with E-state index in [0.717, 1.165) is 30.0 Å². The first-order chi connectivity index (χ1) is 13.2. The van der Waals surface area contributed by atoms with Crippen LogP contribution in [0, 0.1) is 18.3 Å². The van der Waals surface area contributed by atoms with E-state index >= 15 is 0 Å². The molecular weight excluding hydrogens is 378 g/mol. The van der Waals surface area contributed by atoms with E-state index in [-0.39, 0.29) is 11.5 Å². The van der Waals surface area contributed by atoms with Gasteiger partial charge in [-0.15, -0.1) is 21.5 Å². The summed E-state index contributed by atoms with van der Waals surface area (Å²) in [7, 11) is 0. The van der Waals surface area contributed by atoms with Crippen LogP contribution in [0.25, 0.3) is 5.69 Å². The van der Waals surface area contributed by atoms with Gasteiger partial charge in [0.05, 0.1) is 11.8 Å². The highest BCUT2D eigenvalue weighted by atomic mass is 32.2. The van der Waals surface area contributed by atoms with Gasteiger partial charge in [0, 0.05) is 22.7 Å². The standard InChI is InChI=1S/C19H17N5OS2/c1-12-10-26-18(21-12)15(9-20)16(25)11-27-19-23-22-17(13-7-8-13)24(19)14-5-3-2-4-6-14/h2-6,10,13,15H,7-8,11H2,1H3/t15-/m0/s1. The van der Waals surface area contributed by atoms with Crippen LogP contribution in [-0.2, 0) is 4.79 Å². The number of thiazole rings is 1. The highest BCUT2D eigenvalue weighted by Crippen LogP contribution is 2.41. The van der Waals surface area contributed by atoms with Gasteiger partial charge in [0.2, 0.25) is 0 Å². The summed E-state index contributed by atoms with van der Waals surface area (Å²) in [6.45, 7) is 1.86. The molecule has 1 atom stereocenters. The zero-order chi connectivity index (χ0) is 18.8. The third-order valence-electron chi connectivity index (χ3n) is 4.29. The number of hydrogen-bond donors (Lipinski definition) is 0. The number of nitriles is 1.